The lowest BCUT2D eigenvalue weighted by molar-refractivity contribution is -0.125. The first kappa shape index (κ1) is 15.3. The Bertz CT molecular complexity index is 547. The number of amides is 2. The van der Waals surface area contributed by atoms with Crippen molar-refractivity contribution in [2.24, 2.45) is 5.73 Å². The molecule has 7 heteroatoms. The summed E-state index contributed by atoms with van der Waals surface area (Å²) >= 11 is 0. The minimum Gasteiger partial charge on any atom is -0.482 e. The standard InChI is InChI=1S/C14H19N3O4/c1-16-13(18)6-17-11-5-9(10(15)7-20-2)3-4-12(11)21-8-14(17)19/h3-5,10H,6-8,15H2,1-2H3,(H,16,18). The first-order valence-electron chi connectivity index (χ1n) is 6.59. The van der Waals surface area contributed by atoms with E-state index in [4.69, 9.17) is 15.2 Å². The van der Waals surface area contributed by atoms with Gasteiger partial charge in [-0.3, -0.25) is 14.5 Å². The van der Waals surface area contributed by atoms with E-state index < -0.39 is 0 Å². The summed E-state index contributed by atoms with van der Waals surface area (Å²) in [6.45, 7) is 0.241. The number of benzene rings is 1. The minimum atomic E-state index is -0.306. The lowest BCUT2D eigenvalue weighted by atomic mass is 10.1. The second kappa shape index (κ2) is 6.55. The van der Waals surface area contributed by atoms with E-state index in [0.29, 0.717) is 18.0 Å². The molecule has 1 aromatic rings. The summed E-state index contributed by atoms with van der Waals surface area (Å²) in [5.41, 5.74) is 7.37. The molecule has 0 saturated carbocycles. The van der Waals surface area contributed by atoms with E-state index in [1.54, 1.807) is 19.2 Å². The number of likely N-dealkylation sites (N-methyl/N-ethyl adjacent to an activating group) is 1. The zero-order chi connectivity index (χ0) is 15.4. The zero-order valence-corrected chi connectivity index (χ0v) is 12.1. The van der Waals surface area contributed by atoms with Crippen molar-refractivity contribution in [2.45, 2.75) is 6.04 Å². The van der Waals surface area contributed by atoms with Crippen molar-refractivity contribution >= 4 is 17.5 Å². The van der Waals surface area contributed by atoms with Gasteiger partial charge in [-0.1, -0.05) is 6.07 Å². The number of anilines is 1. The normalized spacial score (nSPS) is 15.2. The van der Waals surface area contributed by atoms with Gasteiger partial charge in [-0.25, -0.2) is 0 Å². The average molecular weight is 293 g/mol. The number of carbonyl (C=O) groups excluding carboxylic acids is 2. The fraction of sp³-hybridized carbons (Fsp3) is 0.429. The van der Waals surface area contributed by atoms with Gasteiger partial charge < -0.3 is 20.5 Å². The summed E-state index contributed by atoms with van der Waals surface area (Å²) in [5, 5.41) is 2.50. The summed E-state index contributed by atoms with van der Waals surface area (Å²) in [6, 6.07) is 5.04. The van der Waals surface area contributed by atoms with E-state index in [1.165, 1.54) is 11.9 Å². The monoisotopic (exact) mass is 293 g/mol. The summed E-state index contributed by atoms with van der Waals surface area (Å²) in [5.74, 6) is 0.0539. The third-order valence-electron chi connectivity index (χ3n) is 3.28. The van der Waals surface area contributed by atoms with Crippen molar-refractivity contribution in [2.75, 3.05) is 38.8 Å². The molecule has 0 saturated heterocycles. The highest BCUT2D eigenvalue weighted by Crippen LogP contribution is 2.34. The van der Waals surface area contributed by atoms with Crippen LogP contribution >= 0.6 is 0 Å². The molecular weight excluding hydrogens is 274 g/mol. The van der Waals surface area contributed by atoms with Gasteiger partial charge in [-0.2, -0.15) is 0 Å². The van der Waals surface area contributed by atoms with E-state index in [2.05, 4.69) is 5.32 Å². The van der Waals surface area contributed by atoms with Gasteiger partial charge in [0, 0.05) is 14.2 Å². The van der Waals surface area contributed by atoms with Crippen molar-refractivity contribution in [1.82, 2.24) is 5.32 Å². The minimum absolute atomic E-state index is 0.0470. The van der Waals surface area contributed by atoms with Crippen LogP contribution in [0.15, 0.2) is 18.2 Å². The van der Waals surface area contributed by atoms with Crippen LogP contribution in [0.2, 0.25) is 0 Å². The highest BCUT2D eigenvalue weighted by molar-refractivity contribution is 6.02. The Balaban J connectivity index is 2.33. The molecule has 0 aromatic heterocycles. The second-order valence-corrected chi connectivity index (χ2v) is 4.73. The van der Waals surface area contributed by atoms with Gasteiger partial charge >= 0.3 is 0 Å². The zero-order valence-electron chi connectivity index (χ0n) is 12.1. The Morgan fingerprint density at radius 2 is 2.33 bits per heavy atom. The van der Waals surface area contributed by atoms with Gasteiger partial charge in [-0.05, 0) is 17.7 Å². The maximum Gasteiger partial charge on any atom is 0.265 e. The van der Waals surface area contributed by atoms with Crippen LogP contribution < -0.4 is 20.7 Å². The Kier molecular flexibility index (Phi) is 4.77. The number of fused-ring (bicyclic) bond motifs is 1. The Morgan fingerprint density at radius 1 is 1.57 bits per heavy atom. The first-order valence-corrected chi connectivity index (χ1v) is 6.59. The largest absolute Gasteiger partial charge is 0.482 e. The highest BCUT2D eigenvalue weighted by Gasteiger charge is 2.27. The number of ether oxygens (including phenoxy) is 2. The van der Waals surface area contributed by atoms with Gasteiger partial charge in [0.2, 0.25) is 5.91 Å². The predicted octanol–water partition coefficient (Wildman–Crippen LogP) is -0.196. The first-order chi connectivity index (χ1) is 10.1. The number of rotatable bonds is 5. The van der Waals surface area contributed by atoms with Crippen molar-refractivity contribution < 1.29 is 19.1 Å². The molecule has 1 aliphatic heterocycles. The molecule has 1 aromatic carbocycles. The molecule has 1 heterocycles. The quantitative estimate of drug-likeness (QED) is 0.784. The van der Waals surface area contributed by atoms with Crippen LogP contribution in [0.25, 0.3) is 0 Å². The van der Waals surface area contributed by atoms with Crippen LogP contribution in [0.3, 0.4) is 0 Å². The van der Waals surface area contributed by atoms with E-state index in [1.807, 2.05) is 6.07 Å². The Morgan fingerprint density at radius 3 is 3.00 bits per heavy atom. The topological polar surface area (TPSA) is 93.9 Å². The molecule has 7 nitrogen and oxygen atoms in total. The maximum atomic E-state index is 12.0. The van der Waals surface area contributed by atoms with Gasteiger partial charge in [0.25, 0.3) is 5.91 Å². The van der Waals surface area contributed by atoms with Crippen LogP contribution in [0.4, 0.5) is 5.69 Å². The van der Waals surface area contributed by atoms with Crippen LogP contribution in [-0.4, -0.2) is 45.7 Å². The number of hydrogen-bond donors (Lipinski definition) is 2. The third kappa shape index (κ3) is 3.32. The second-order valence-electron chi connectivity index (χ2n) is 4.73. The molecule has 0 fully saturated rings. The van der Waals surface area contributed by atoms with E-state index in [-0.39, 0.29) is 31.0 Å². The number of carbonyl (C=O) groups is 2. The van der Waals surface area contributed by atoms with Crippen LogP contribution in [-0.2, 0) is 14.3 Å². The Hall–Kier alpha value is -2.12. The van der Waals surface area contributed by atoms with Crippen LogP contribution in [0, 0.1) is 0 Å². The lowest BCUT2D eigenvalue weighted by Gasteiger charge is -2.29. The molecule has 0 radical (unpaired) electrons. The lowest BCUT2D eigenvalue weighted by Crippen LogP contribution is -2.44. The van der Waals surface area contributed by atoms with E-state index in [0.717, 1.165) is 5.56 Å². The summed E-state index contributed by atoms with van der Waals surface area (Å²) < 4.78 is 10.4. The summed E-state index contributed by atoms with van der Waals surface area (Å²) in [4.78, 5) is 24.9. The fourth-order valence-corrected chi connectivity index (χ4v) is 2.12. The molecular formula is C14H19N3O4. The number of nitrogens with two attached hydrogens (primary N) is 1. The van der Waals surface area contributed by atoms with Gasteiger partial charge in [0.05, 0.1) is 18.3 Å². The maximum absolute atomic E-state index is 12.0. The fourth-order valence-electron chi connectivity index (χ4n) is 2.12. The molecule has 21 heavy (non-hydrogen) atoms. The number of nitrogens with one attached hydrogen (secondary N) is 1. The highest BCUT2D eigenvalue weighted by atomic mass is 16.5. The molecule has 2 amide bonds. The third-order valence-corrected chi connectivity index (χ3v) is 3.28. The molecule has 1 atom stereocenters. The molecule has 0 spiro atoms. The molecule has 2 rings (SSSR count). The molecule has 1 aliphatic rings. The predicted molar refractivity (Wildman–Crippen MR) is 77.2 cm³/mol. The van der Waals surface area contributed by atoms with Gasteiger partial charge in [0.1, 0.15) is 12.3 Å². The molecule has 0 bridgehead atoms. The number of methoxy groups -OCH3 is 1. The number of nitrogens with zero attached hydrogens (tertiary/aromatic N) is 1. The van der Waals surface area contributed by atoms with Crippen LogP contribution in [0.1, 0.15) is 11.6 Å². The SMILES string of the molecule is CNC(=O)CN1C(=O)COc2ccc(C(N)COC)cc21. The molecule has 114 valence electrons. The summed E-state index contributed by atoms with van der Waals surface area (Å²) in [6.07, 6.45) is 0. The van der Waals surface area contributed by atoms with Crippen molar-refractivity contribution in [1.29, 1.82) is 0 Å². The van der Waals surface area contributed by atoms with Crippen LogP contribution in [0.5, 0.6) is 5.75 Å². The molecule has 1 unspecified atom stereocenters. The average Bonchev–Trinajstić information content (AvgIpc) is 2.49. The van der Waals surface area contributed by atoms with Crippen molar-refractivity contribution in [3.05, 3.63) is 23.8 Å². The Labute approximate surface area is 123 Å². The van der Waals surface area contributed by atoms with E-state index >= 15 is 0 Å². The summed E-state index contributed by atoms with van der Waals surface area (Å²) in [7, 11) is 3.10. The number of hydrogen-bond acceptors (Lipinski definition) is 5. The molecule has 3 N–H and O–H groups in total. The van der Waals surface area contributed by atoms with Crippen molar-refractivity contribution in [3.8, 4) is 5.75 Å². The van der Waals surface area contributed by atoms with Crippen molar-refractivity contribution in [3.63, 3.8) is 0 Å². The van der Waals surface area contributed by atoms with E-state index in [9.17, 15) is 9.59 Å². The smallest absolute Gasteiger partial charge is 0.265 e. The molecule has 0 aliphatic carbocycles. The van der Waals surface area contributed by atoms with Gasteiger partial charge in [-0.15, -0.1) is 0 Å². The van der Waals surface area contributed by atoms with Gasteiger partial charge in [0.15, 0.2) is 6.61 Å².